The molecule has 2 aromatic carbocycles. The van der Waals surface area contributed by atoms with Crippen LogP contribution in [0.1, 0.15) is 5.56 Å². The number of nitrogens with one attached hydrogen (secondary N) is 1. The number of benzene rings is 2. The highest BCUT2D eigenvalue weighted by Gasteiger charge is 2.14. The highest BCUT2D eigenvalue weighted by atomic mass is 79.9. The van der Waals surface area contributed by atoms with Crippen molar-refractivity contribution in [2.45, 2.75) is 12.5 Å². The molecule has 27 heavy (non-hydrogen) atoms. The number of carbonyl (C=O) groups excluding carboxylic acids is 1. The number of methoxy groups -OCH3 is 2. The largest absolute Gasteiger partial charge is 0.493 e. The maximum atomic E-state index is 13.2. The summed E-state index contributed by atoms with van der Waals surface area (Å²) in [5, 5.41) is 12.7. The van der Waals surface area contributed by atoms with Crippen LogP contribution in [0.15, 0.2) is 40.9 Å². The fourth-order valence-corrected chi connectivity index (χ4v) is 2.75. The predicted molar refractivity (Wildman–Crippen MR) is 102 cm³/mol. The third kappa shape index (κ3) is 6.11. The molecule has 2 N–H and O–H groups in total. The van der Waals surface area contributed by atoms with Crippen molar-refractivity contribution >= 4 is 21.8 Å². The van der Waals surface area contributed by atoms with E-state index in [1.54, 1.807) is 24.3 Å². The van der Waals surface area contributed by atoms with Gasteiger partial charge in [0.2, 0.25) is 11.7 Å². The highest BCUT2D eigenvalue weighted by Crippen LogP contribution is 2.36. The van der Waals surface area contributed by atoms with Crippen LogP contribution in [0, 0.1) is 5.82 Å². The number of aliphatic hydroxyl groups is 1. The highest BCUT2D eigenvalue weighted by molar-refractivity contribution is 9.10. The minimum Gasteiger partial charge on any atom is -0.493 e. The van der Waals surface area contributed by atoms with Gasteiger partial charge in [-0.15, -0.1) is 0 Å². The lowest BCUT2D eigenvalue weighted by molar-refractivity contribution is -0.121. The fourth-order valence-electron chi connectivity index (χ4n) is 2.33. The minimum absolute atomic E-state index is 0.0126. The molecule has 2 rings (SSSR count). The van der Waals surface area contributed by atoms with Gasteiger partial charge in [0, 0.05) is 6.54 Å². The number of hydrogen-bond donors (Lipinski definition) is 2. The molecule has 0 aromatic heterocycles. The number of ether oxygens (including phenoxy) is 3. The molecule has 146 valence electrons. The molecule has 0 saturated carbocycles. The van der Waals surface area contributed by atoms with Crippen LogP contribution in [0.2, 0.25) is 0 Å². The van der Waals surface area contributed by atoms with Crippen molar-refractivity contribution in [2.75, 3.05) is 27.4 Å². The molecular weight excluding hydrogens is 421 g/mol. The Morgan fingerprint density at radius 1 is 1.22 bits per heavy atom. The lowest BCUT2D eigenvalue weighted by Gasteiger charge is -2.17. The van der Waals surface area contributed by atoms with E-state index in [2.05, 4.69) is 21.2 Å². The Kier molecular flexibility index (Phi) is 7.87. The summed E-state index contributed by atoms with van der Waals surface area (Å²) in [6.07, 6.45) is -0.851. The summed E-state index contributed by atoms with van der Waals surface area (Å²) >= 11 is 3.08. The Hall–Kier alpha value is -2.32. The Balaban J connectivity index is 1.83. The summed E-state index contributed by atoms with van der Waals surface area (Å²) in [4.78, 5) is 12.0. The Morgan fingerprint density at radius 2 is 1.89 bits per heavy atom. The van der Waals surface area contributed by atoms with Gasteiger partial charge < -0.3 is 24.6 Å². The third-order valence-electron chi connectivity index (χ3n) is 3.69. The molecule has 0 saturated heterocycles. The molecule has 2 aromatic rings. The van der Waals surface area contributed by atoms with Crippen molar-refractivity contribution in [3.05, 3.63) is 52.3 Å². The van der Waals surface area contributed by atoms with Gasteiger partial charge in [-0.2, -0.15) is 0 Å². The van der Waals surface area contributed by atoms with E-state index in [4.69, 9.17) is 14.2 Å². The zero-order valence-corrected chi connectivity index (χ0v) is 16.6. The van der Waals surface area contributed by atoms with Gasteiger partial charge in [0.25, 0.3) is 0 Å². The second-order valence-corrected chi connectivity index (χ2v) is 6.54. The van der Waals surface area contributed by atoms with Crippen molar-refractivity contribution in [1.29, 1.82) is 0 Å². The summed E-state index contributed by atoms with van der Waals surface area (Å²) in [7, 11) is 3.01. The van der Waals surface area contributed by atoms with E-state index < -0.39 is 11.9 Å². The predicted octanol–water partition coefficient (Wildman–Crippen LogP) is 2.70. The first-order valence-electron chi connectivity index (χ1n) is 8.17. The van der Waals surface area contributed by atoms with E-state index in [0.29, 0.717) is 27.3 Å². The van der Waals surface area contributed by atoms with E-state index in [1.165, 1.54) is 26.4 Å². The van der Waals surface area contributed by atoms with E-state index in [1.807, 2.05) is 0 Å². The van der Waals surface area contributed by atoms with Crippen LogP contribution in [0.25, 0.3) is 0 Å². The maximum Gasteiger partial charge on any atom is 0.224 e. The van der Waals surface area contributed by atoms with Gasteiger partial charge in [-0.05, 0) is 45.8 Å². The third-order valence-corrected chi connectivity index (χ3v) is 4.29. The Labute approximate surface area is 165 Å². The van der Waals surface area contributed by atoms with Crippen LogP contribution in [0.4, 0.5) is 4.39 Å². The standard InChI is InChI=1S/C19H21BrFNO5/c1-25-16-4-3-5-17(26-2)19(16)27-11-13(23)10-22-18(24)9-12-6-7-15(21)14(20)8-12/h3-8,13,23H,9-11H2,1-2H3,(H,22,24). The normalized spacial score (nSPS) is 11.6. The van der Waals surface area contributed by atoms with Crippen molar-refractivity contribution in [3.63, 3.8) is 0 Å². The number of rotatable bonds is 9. The van der Waals surface area contributed by atoms with Crippen LogP contribution in [-0.2, 0) is 11.2 Å². The van der Waals surface area contributed by atoms with E-state index in [0.717, 1.165) is 0 Å². The first kappa shape index (κ1) is 21.0. The molecule has 1 atom stereocenters. The number of hydrogen-bond acceptors (Lipinski definition) is 5. The summed E-state index contributed by atoms with van der Waals surface area (Å²) in [6, 6.07) is 9.56. The van der Waals surface area contributed by atoms with Crippen LogP contribution < -0.4 is 19.5 Å². The molecule has 0 aliphatic heterocycles. The molecule has 0 aliphatic carbocycles. The second-order valence-electron chi connectivity index (χ2n) is 5.69. The number of carbonyl (C=O) groups is 1. The number of halogens is 2. The van der Waals surface area contributed by atoms with Gasteiger partial charge in [-0.3, -0.25) is 4.79 Å². The van der Waals surface area contributed by atoms with Crippen molar-refractivity contribution in [1.82, 2.24) is 5.32 Å². The first-order chi connectivity index (χ1) is 12.9. The second kappa shape index (κ2) is 10.1. The molecule has 0 radical (unpaired) electrons. The molecule has 6 nitrogen and oxygen atoms in total. The van der Waals surface area contributed by atoms with Crippen molar-refractivity contribution < 1.29 is 28.5 Å². The smallest absolute Gasteiger partial charge is 0.224 e. The first-order valence-corrected chi connectivity index (χ1v) is 8.96. The zero-order valence-electron chi connectivity index (χ0n) is 15.0. The summed E-state index contributed by atoms with van der Waals surface area (Å²) in [6.45, 7) is -0.0439. The molecule has 0 heterocycles. The average molecular weight is 442 g/mol. The van der Waals surface area contributed by atoms with Crippen molar-refractivity contribution in [3.8, 4) is 17.2 Å². The van der Waals surface area contributed by atoms with Crippen LogP contribution in [0.5, 0.6) is 17.2 Å². The average Bonchev–Trinajstić information content (AvgIpc) is 2.67. The van der Waals surface area contributed by atoms with Gasteiger partial charge in [-0.1, -0.05) is 12.1 Å². The number of para-hydroxylation sites is 1. The monoisotopic (exact) mass is 441 g/mol. The van der Waals surface area contributed by atoms with Crippen LogP contribution in [0.3, 0.4) is 0 Å². The van der Waals surface area contributed by atoms with E-state index in [-0.39, 0.29) is 25.5 Å². The Bertz CT molecular complexity index is 764. The molecule has 0 bridgehead atoms. The lowest BCUT2D eigenvalue weighted by Crippen LogP contribution is -2.36. The fraction of sp³-hybridized carbons (Fsp3) is 0.316. The van der Waals surface area contributed by atoms with Gasteiger partial charge in [0.15, 0.2) is 11.5 Å². The molecule has 0 aliphatic rings. The SMILES string of the molecule is COc1cccc(OC)c1OCC(O)CNC(=O)Cc1ccc(F)c(Br)c1. The van der Waals surface area contributed by atoms with Crippen molar-refractivity contribution in [2.24, 2.45) is 0 Å². The molecular formula is C19H21BrFNO5. The lowest BCUT2D eigenvalue weighted by atomic mass is 10.1. The van der Waals surface area contributed by atoms with E-state index in [9.17, 15) is 14.3 Å². The minimum atomic E-state index is -0.927. The number of amides is 1. The topological polar surface area (TPSA) is 77.0 Å². The molecule has 0 spiro atoms. The quantitative estimate of drug-likeness (QED) is 0.625. The summed E-state index contributed by atoms with van der Waals surface area (Å²) in [5.74, 6) is 0.657. The Morgan fingerprint density at radius 3 is 2.48 bits per heavy atom. The molecule has 8 heteroatoms. The number of aliphatic hydroxyl groups excluding tert-OH is 1. The van der Waals surface area contributed by atoms with Gasteiger partial charge >= 0.3 is 0 Å². The van der Waals surface area contributed by atoms with Gasteiger partial charge in [0.05, 0.1) is 25.1 Å². The molecule has 1 unspecified atom stereocenters. The van der Waals surface area contributed by atoms with Crippen LogP contribution >= 0.6 is 15.9 Å². The maximum absolute atomic E-state index is 13.2. The molecule has 1 amide bonds. The van der Waals surface area contributed by atoms with Crippen LogP contribution in [-0.4, -0.2) is 44.5 Å². The molecule has 0 fully saturated rings. The zero-order chi connectivity index (χ0) is 19.8. The van der Waals surface area contributed by atoms with Gasteiger partial charge in [0.1, 0.15) is 18.5 Å². The van der Waals surface area contributed by atoms with E-state index >= 15 is 0 Å². The van der Waals surface area contributed by atoms with Gasteiger partial charge in [-0.25, -0.2) is 4.39 Å². The summed E-state index contributed by atoms with van der Waals surface area (Å²) in [5.41, 5.74) is 0.658. The summed E-state index contributed by atoms with van der Waals surface area (Å²) < 4.78 is 29.5.